The Labute approximate surface area is 135 Å². The lowest BCUT2D eigenvalue weighted by molar-refractivity contribution is -0.122. The van der Waals surface area contributed by atoms with Crippen LogP contribution in [0.5, 0.6) is 0 Å². The minimum atomic E-state index is -3.72. The highest BCUT2D eigenvalue weighted by atomic mass is 32.2. The molecule has 1 aromatic carbocycles. The molecule has 0 aliphatic carbocycles. The number of hydrogen-bond acceptors (Lipinski definition) is 4. The molecular weight excluding hydrogens is 316 g/mol. The fraction of sp³-hybridized carbons (Fsp3) is 0.333. The average molecular weight is 336 g/mol. The molecule has 3 N–H and O–H groups in total. The van der Waals surface area contributed by atoms with E-state index in [1.807, 2.05) is 13.8 Å². The van der Waals surface area contributed by atoms with Gasteiger partial charge >= 0.3 is 0 Å². The van der Waals surface area contributed by atoms with Gasteiger partial charge in [-0.15, -0.1) is 0 Å². The molecule has 1 aromatic heterocycles. The largest absolute Gasteiger partial charge is 0.351 e. The van der Waals surface area contributed by atoms with Crippen molar-refractivity contribution in [2.75, 3.05) is 0 Å². The van der Waals surface area contributed by atoms with Crippen LogP contribution in [0.15, 0.2) is 35.2 Å². The number of H-pyrrole nitrogens is 1. The minimum Gasteiger partial charge on any atom is -0.351 e. The van der Waals surface area contributed by atoms with Crippen molar-refractivity contribution in [1.29, 1.82) is 0 Å². The van der Waals surface area contributed by atoms with Gasteiger partial charge in [-0.3, -0.25) is 9.89 Å². The molecule has 1 amide bonds. The van der Waals surface area contributed by atoms with Crippen LogP contribution in [0, 0.1) is 13.8 Å². The summed E-state index contributed by atoms with van der Waals surface area (Å²) in [5.74, 6) is -0.399. The molecule has 0 saturated carbocycles. The van der Waals surface area contributed by atoms with E-state index in [4.69, 9.17) is 0 Å². The SMILES string of the molecule is Cc1n[nH]c(C)c1CNC(=O)C(C)NS(=O)(=O)c1ccccc1. The Balaban J connectivity index is 1.98. The molecule has 124 valence electrons. The number of aromatic amines is 1. The third-order valence-electron chi connectivity index (χ3n) is 3.50. The molecule has 7 nitrogen and oxygen atoms in total. The second kappa shape index (κ2) is 6.93. The van der Waals surface area contributed by atoms with Crippen molar-refractivity contribution in [3.63, 3.8) is 0 Å². The Bertz CT molecular complexity index is 765. The van der Waals surface area contributed by atoms with Gasteiger partial charge in [0.05, 0.1) is 16.6 Å². The summed E-state index contributed by atoms with van der Waals surface area (Å²) < 4.78 is 26.7. The highest BCUT2D eigenvalue weighted by molar-refractivity contribution is 7.89. The lowest BCUT2D eigenvalue weighted by Crippen LogP contribution is -2.44. The number of nitrogens with zero attached hydrogens (tertiary/aromatic N) is 1. The topological polar surface area (TPSA) is 104 Å². The molecule has 1 unspecified atom stereocenters. The van der Waals surface area contributed by atoms with E-state index in [0.29, 0.717) is 6.54 Å². The van der Waals surface area contributed by atoms with E-state index in [2.05, 4.69) is 20.2 Å². The van der Waals surface area contributed by atoms with Crippen molar-refractivity contribution in [3.8, 4) is 0 Å². The predicted octanol–water partition coefficient (Wildman–Crippen LogP) is 1.01. The van der Waals surface area contributed by atoms with E-state index in [0.717, 1.165) is 17.0 Å². The van der Waals surface area contributed by atoms with Gasteiger partial charge in [0.2, 0.25) is 15.9 Å². The Kier molecular flexibility index (Phi) is 5.17. The van der Waals surface area contributed by atoms with Crippen LogP contribution in [0.4, 0.5) is 0 Å². The number of sulfonamides is 1. The van der Waals surface area contributed by atoms with Gasteiger partial charge < -0.3 is 5.32 Å². The minimum absolute atomic E-state index is 0.126. The molecule has 2 rings (SSSR count). The maximum absolute atomic E-state index is 12.2. The number of rotatable bonds is 6. The van der Waals surface area contributed by atoms with Crippen molar-refractivity contribution in [2.24, 2.45) is 0 Å². The summed E-state index contributed by atoms with van der Waals surface area (Å²) in [7, 11) is -3.72. The van der Waals surface area contributed by atoms with Crippen LogP contribution in [0.1, 0.15) is 23.9 Å². The number of carbonyl (C=O) groups excluding carboxylic acids is 1. The van der Waals surface area contributed by atoms with E-state index in [1.165, 1.54) is 19.1 Å². The van der Waals surface area contributed by atoms with Crippen LogP contribution >= 0.6 is 0 Å². The van der Waals surface area contributed by atoms with Gasteiger partial charge in [-0.05, 0) is 32.9 Å². The molecule has 0 aliphatic heterocycles. The summed E-state index contributed by atoms with van der Waals surface area (Å²) in [6, 6.07) is 7.06. The van der Waals surface area contributed by atoms with E-state index in [1.54, 1.807) is 18.2 Å². The average Bonchev–Trinajstić information content (AvgIpc) is 2.84. The summed E-state index contributed by atoms with van der Waals surface area (Å²) >= 11 is 0. The van der Waals surface area contributed by atoms with Gasteiger partial charge in [0.25, 0.3) is 0 Å². The zero-order valence-corrected chi connectivity index (χ0v) is 14.1. The molecule has 2 aromatic rings. The van der Waals surface area contributed by atoms with Crippen LogP contribution in [0.3, 0.4) is 0 Å². The van der Waals surface area contributed by atoms with Gasteiger partial charge in [0, 0.05) is 17.8 Å². The standard InChI is InChI=1S/C15H20N4O3S/c1-10-14(11(2)18-17-10)9-16-15(20)12(3)19-23(21,22)13-7-5-4-6-8-13/h4-8,12,19H,9H2,1-3H3,(H,16,20)(H,17,18). The van der Waals surface area contributed by atoms with Crippen LogP contribution in [0.2, 0.25) is 0 Å². The van der Waals surface area contributed by atoms with Crippen LogP contribution in [-0.2, 0) is 21.4 Å². The number of aryl methyl sites for hydroxylation is 2. The second-order valence-electron chi connectivity index (χ2n) is 5.29. The first-order chi connectivity index (χ1) is 10.8. The van der Waals surface area contributed by atoms with Gasteiger partial charge in [0.15, 0.2) is 0 Å². The van der Waals surface area contributed by atoms with Gasteiger partial charge in [-0.2, -0.15) is 9.82 Å². The Morgan fingerprint density at radius 2 is 1.91 bits per heavy atom. The molecule has 0 bridgehead atoms. The maximum Gasteiger partial charge on any atom is 0.241 e. The zero-order valence-electron chi connectivity index (χ0n) is 13.3. The molecule has 23 heavy (non-hydrogen) atoms. The smallest absolute Gasteiger partial charge is 0.241 e. The lowest BCUT2D eigenvalue weighted by Gasteiger charge is -2.14. The molecule has 0 fully saturated rings. The summed E-state index contributed by atoms with van der Waals surface area (Å²) in [4.78, 5) is 12.2. The van der Waals surface area contributed by atoms with Crippen molar-refractivity contribution in [1.82, 2.24) is 20.2 Å². The van der Waals surface area contributed by atoms with E-state index in [9.17, 15) is 13.2 Å². The Hall–Kier alpha value is -2.19. The Morgan fingerprint density at radius 3 is 2.48 bits per heavy atom. The normalized spacial score (nSPS) is 12.8. The monoisotopic (exact) mass is 336 g/mol. The molecule has 1 atom stereocenters. The molecule has 8 heteroatoms. The highest BCUT2D eigenvalue weighted by Gasteiger charge is 2.22. The van der Waals surface area contributed by atoms with Gasteiger partial charge in [-0.25, -0.2) is 8.42 Å². The third-order valence-corrected chi connectivity index (χ3v) is 5.06. The quantitative estimate of drug-likeness (QED) is 0.732. The molecule has 0 spiro atoms. The number of benzene rings is 1. The number of amides is 1. The molecule has 0 radical (unpaired) electrons. The van der Waals surface area contributed by atoms with Crippen LogP contribution in [0.25, 0.3) is 0 Å². The predicted molar refractivity (Wildman–Crippen MR) is 86.1 cm³/mol. The molecule has 0 aliphatic rings. The number of nitrogens with one attached hydrogen (secondary N) is 3. The van der Waals surface area contributed by atoms with Gasteiger partial charge in [0.1, 0.15) is 0 Å². The molecular formula is C15H20N4O3S. The van der Waals surface area contributed by atoms with E-state index >= 15 is 0 Å². The number of hydrogen-bond donors (Lipinski definition) is 3. The summed E-state index contributed by atoms with van der Waals surface area (Å²) in [5.41, 5.74) is 2.58. The number of carbonyl (C=O) groups is 1. The molecule has 0 saturated heterocycles. The second-order valence-corrected chi connectivity index (χ2v) is 7.00. The first kappa shape index (κ1) is 17.2. The fourth-order valence-corrected chi connectivity index (χ4v) is 3.34. The first-order valence-electron chi connectivity index (χ1n) is 7.17. The third kappa shape index (κ3) is 4.17. The summed E-state index contributed by atoms with van der Waals surface area (Å²) in [5, 5.41) is 9.60. The van der Waals surface area contributed by atoms with Gasteiger partial charge in [-0.1, -0.05) is 18.2 Å². The van der Waals surface area contributed by atoms with E-state index < -0.39 is 22.0 Å². The van der Waals surface area contributed by atoms with Crippen molar-refractivity contribution in [2.45, 2.75) is 38.3 Å². The Morgan fingerprint density at radius 1 is 1.26 bits per heavy atom. The van der Waals surface area contributed by atoms with Crippen molar-refractivity contribution < 1.29 is 13.2 Å². The fourth-order valence-electron chi connectivity index (χ4n) is 2.12. The first-order valence-corrected chi connectivity index (χ1v) is 8.65. The van der Waals surface area contributed by atoms with Crippen molar-refractivity contribution in [3.05, 3.63) is 47.3 Å². The number of aromatic nitrogens is 2. The zero-order chi connectivity index (χ0) is 17.0. The lowest BCUT2D eigenvalue weighted by atomic mass is 10.2. The summed E-state index contributed by atoms with van der Waals surface area (Å²) in [6.07, 6.45) is 0. The maximum atomic E-state index is 12.2. The van der Waals surface area contributed by atoms with Crippen molar-refractivity contribution >= 4 is 15.9 Å². The van der Waals surface area contributed by atoms with Crippen LogP contribution in [-0.4, -0.2) is 30.6 Å². The molecule has 1 heterocycles. The summed E-state index contributed by atoms with van der Waals surface area (Å²) in [6.45, 7) is 5.50. The highest BCUT2D eigenvalue weighted by Crippen LogP contribution is 2.10. The van der Waals surface area contributed by atoms with Crippen LogP contribution < -0.4 is 10.0 Å². The van der Waals surface area contributed by atoms with E-state index in [-0.39, 0.29) is 4.90 Å².